The van der Waals surface area contributed by atoms with Crippen molar-refractivity contribution in [1.29, 1.82) is 0 Å². The summed E-state index contributed by atoms with van der Waals surface area (Å²) in [5.41, 5.74) is 4.71. The van der Waals surface area contributed by atoms with Crippen LogP contribution in [0.5, 0.6) is 5.75 Å². The monoisotopic (exact) mass is 447 g/mol. The van der Waals surface area contributed by atoms with Crippen LogP contribution >= 0.6 is 0 Å². The van der Waals surface area contributed by atoms with Crippen molar-refractivity contribution in [1.82, 2.24) is 15.0 Å². The van der Waals surface area contributed by atoms with Crippen molar-refractivity contribution in [3.63, 3.8) is 0 Å². The Hall–Kier alpha value is -3.72. The first-order valence-corrected chi connectivity index (χ1v) is 11.2. The Bertz CT molecular complexity index is 1060. The van der Waals surface area contributed by atoms with Gasteiger partial charge in [0.2, 0.25) is 17.8 Å². The summed E-state index contributed by atoms with van der Waals surface area (Å²) in [6, 6.07) is 17.6. The van der Waals surface area contributed by atoms with Crippen molar-refractivity contribution >= 4 is 29.7 Å². The lowest BCUT2D eigenvalue weighted by Crippen LogP contribution is -2.37. The number of rotatable bonds is 9. The van der Waals surface area contributed by atoms with Crippen LogP contribution in [-0.2, 0) is 4.74 Å². The second kappa shape index (κ2) is 11.2. The van der Waals surface area contributed by atoms with Crippen LogP contribution in [0, 0.1) is 0 Å². The minimum atomic E-state index is 0.124. The molecule has 9 heteroatoms. The molecular formula is C24H29N7O2. The average molecular weight is 448 g/mol. The normalized spacial score (nSPS) is 14.8. The molecule has 33 heavy (non-hydrogen) atoms. The highest BCUT2D eigenvalue weighted by Crippen LogP contribution is 2.20. The quantitative estimate of drug-likeness (QED) is 0.374. The smallest absolute Gasteiger partial charge is 0.250 e. The van der Waals surface area contributed by atoms with E-state index in [1.807, 2.05) is 61.5 Å². The summed E-state index contributed by atoms with van der Waals surface area (Å²) < 4.78 is 11.5. The summed E-state index contributed by atoms with van der Waals surface area (Å²) in [5.74, 6) is 2.15. The van der Waals surface area contributed by atoms with E-state index in [9.17, 15) is 0 Å². The fourth-order valence-electron chi connectivity index (χ4n) is 3.18. The van der Waals surface area contributed by atoms with Crippen molar-refractivity contribution in [2.45, 2.75) is 26.4 Å². The molecule has 0 radical (unpaired) electrons. The first-order chi connectivity index (χ1) is 16.2. The SMILES string of the molecule is CC[C@H](C)Oc1ccccc1/C=N\Nc1nc(Nc2ccccc2)nc(N2CCOCC2)n1. The van der Waals surface area contributed by atoms with E-state index >= 15 is 0 Å². The van der Waals surface area contributed by atoms with Gasteiger partial charge in [-0.3, -0.25) is 0 Å². The summed E-state index contributed by atoms with van der Waals surface area (Å²) >= 11 is 0. The van der Waals surface area contributed by atoms with Gasteiger partial charge in [-0.1, -0.05) is 37.3 Å². The van der Waals surface area contributed by atoms with Crippen molar-refractivity contribution in [2.75, 3.05) is 41.9 Å². The summed E-state index contributed by atoms with van der Waals surface area (Å²) in [6.45, 7) is 6.86. The third-order valence-electron chi connectivity index (χ3n) is 5.14. The van der Waals surface area contributed by atoms with Crippen molar-refractivity contribution in [3.05, 3.63) is 60.2 Å². The highest BCUT2D eigenvalue weighted by atomic mass is 16.5. The van der Waals surface area contributed by atoms with Crippen LogP contribution in [0.2, 0.25) is 0 Å². The molecule has 0 aliphatic carbocycles. The van der Waals surface area contributed by atoms with Crippen LogP contribution in [0.1, 0.15) is 25.8 Å². The van der Waals surface area contributed by atoms with Gasteiger partial charge in [-0.15, -0.1) is 0 Å². The Morgan fingerprint density at radius 3 is 2.55 bits per heavy atom. The minimum absolute atomic E-state index is 0.124. The van der Waals surface area contributed by atoms with Gasteiger partial charge in [0.05, 0.1) is 25.5 Å². The molecule has 2 N–H and O–H groups in total. The number of hydrogen-bond acceptors (Lipinski definition) is 9. The first-order valence-electron chi connectivity index (χ1n) is 11.2. The van der Waals surface area contributed by atoms with E-state index in [1.54, 1.807) is 6.21 Å². The molecule has 0 spiro atoms. The van der Waals surface area contributed by atoms with E-state index in [0.29, 0.717) is 31.1 Å². The molecule has 2 aromatic carbocycles. The predicted octanol–water partition coefficient (Wildman–Crippen LogP) is 4.08. The molecule has 9 nitrogen and oxygen atoms in total. The van der Waals surface area contributed by atoms with Gasteiger partial charge in [0.1, 0.15) is 5.75 Å². The summed E-state index contributed by atoms with van der Waals surface area (Å²) in [4.78, 5) is 15.7. The molecule has 1 aliphatic heterocycles. The van der Waals surface area contributed by atoms with Crippen LogP contribution in [0.15, 0.2) is 59.7 Å². The topological polar surface area (TPSA) is 96.8 Å². The zero-order valence-electron chi connectivity index (χ0n) is 18.9. The lowest BCUT2D eigenvalue weighted by molar-refractivity contribution is 0.122. The number of hydrogen-bond donors (Lipinski definition) is 2. The largest absolute Gasteiger partial charge is 0.490 e. The summed E-state index contributed by atoms with van der Waals surface area (Å²) in [5, 5.41) is 7.60. The van der Waals surface area contributed by atoms with Crippen LogP contribution in [0.4, 0.5) is 23.5 Å². The Kier molecular flexibility index (Phi) is 7.65. The average Bonchev–Trinajstić information content (AvgIpc) is 2.86. The van der Waals surface area contributed by atoms with E-state index < -0.39 is 0 Å². The van der Waals surface area contributed by atoms with E-state index in [4.69, 9.17) is 9.47 Å². The Balaban J connectivity index is 1.54. The zero-order valence-corrected chi connectivity index (χ0v) is 18.9. The molecular weight excluding hydrogens is 418 g/mol. The van der Waals surface area contributed by atoms with Crippen molar-refractivity contribution in [3.8, 4) is 5.75 Å². The molecule has 0 bridgehead atoms. The number of aromatic nitrogens is 3. The number of para-hydroxylation sites is 2. The number of nitrogens with one attached hydrogen (secondary N) is 2. The van der Waals surface area contributed by atoms with Crippen molar-refractivity contribution < 1.29 is 9.47 Å². The Morgan fingerprint density at radius 1 is 1.03 bits per heavy atom. The lowest BCUT2D eigenvalue weighted by atomic mass is 10.2. The standard InChI is InChI=1S/C24H29N7O2/c1-3-18(2)33-21-12-8-7-9-19(21)17-25-30-23-27-22(26-20-10-5-4-6-11-20)28-24(29-23)31-13-15-32-16-14-31/h4-12,17-18H,3,13-16H2,1-2H3,(H2,26,27,28,29,30)/b25-17-/t18-/m0/s1. The molecule has 0 saturated carbocycles. The number of nitrogens with zero attached hydrogens (tertiary/aromatic N) is 5. The van der Waals surface area contributed by atoms with Gasteiger partial charge >= 0.3 is 0 Å². The molecule has 3 aromatic rings. The Morgan fingerprint density at radius 2 is 1.76 bits per heavy atom. The maximum absolute atomic E-state index is 5.99. The van der Waals surface area contributed by atoms with Gasteiger partial charge in [0.15, 0.2) is 0 Å². The van der Waals surface area contributed by atoms with Gasteiger partial charge < -0.3 is 19.7 Å². The van der Waals surface area contributed by atoms with Gasteiger partial charge in [-0.2, -0.15) is 20.1 Å². The Labute approximate surface area is 193 Å². The number of morpholine rings is 1. The van der Waals surface area contributed by atoms with Crippen LogP contribution in [0.25, 0.3) is 0 Å². The van der Waals surface area contributed by atoms with E-state index in [1.165, 1.54) is 0 Å². The van der Waals surface area contributed by atoms with Crippen LogP contribution < -0.4 is 20.4 Å². The molecule has 1 aromatic heterocycles. The van der Waals surface area contributed by atoms with Crippen LogP contribution in [0.3, 0.4) is 0 Å². The number of anilines is 4. The molecule has 1 saturated heterocycles. The molecule has 1 aliphatic rings. The molecule has 172 valence electrons. The number of hydrazone groups is 1. The fraction of sp³-hybridized carbons (Fsp3) is 0.333. The van der Waals surface area contributed by atoms with Gasteiger partial charge in [0, 0.05) is 24.3 Å². The summed E-state index contributed by atoms with van der Waals surface area (Å²) in [6.07, 6.45) is 2.76. The molecule has 0 unspecified atom stereocenters. The molecule has 1 atom stereocenters. The highest BCUT2D eigenvalue weighted by molar-refractivity contribution is 5.83. The van der Waals surface area contributed by atoms with E-state index in [-0.39, 0.29) is 6.10 Å². The third kappa shape index (κ3) is 6.39. The minimum Gasteiger partial charge on any atom is -0.490 e. The summed E-state index contributed by atoms with van der Waals surface area (Å²) in [7, 11) is 0. The predicted molar refractivity (Wildman–Crippen MR) is 131 cm³/mol. The molecule has 2 heterocycles. The second-order valence-corrected chi connectivity index (χ2v) is 7.62. The highest BCUT2D eigenvalue weighted by Gasteiger charge is 2.16. The number of ether oxygens (including phenoxy) is 2. The maximum atomic E-state index is 5.99. The van der Waals surface area contributed by atoms with Gasteiger partial charge in [-0.25, -0.2) is 5.43 Å². The van der Waals surface area contributed by atoms with E-state index in [0.717, 1.165) is 36.5 Å². The zero-order chi connectivity index (χ0) is 22.9. The van der Waals surface area contributed by atoms with Crippen LogP contribution in [-0.4, -0.2) is 53.6 Å². The molecule has 4 rings (SSSR count). The van der Waals surface area contributed by atoms with Gasteiger partial charge in [0.25, 0.3) is 0 Å². The van der Waals surface area contributed by atoms with E-state index in [2.05, 4.69) is 42.6 Å². The third-order valence-corrected chi connectivity index (χ3v) is 5.14. The second-order valence-electron chi connectivity index (χ2n) is 7.62. The molecule has 0 amide bonds. The molecule has 1 fully saturated rings. The number of benzene rings is 2. The lowest BCUT2D eigenvalue weighted by Gasteiger charge is -2.27. The maximum Gasteiger partial charge on any atom is 0.250 e. The first kappa shape index (κ1) is 22.5. The van der Waals surface area contributed by atoms with Gasteiger partial charge in [-0.05, 0) is 37.6 Å². The van der Waals surface area contributed by atoms with Crippen molar-refractivity contribution in [2.24, 2.45) is 5.10 Å². The fourth-order valence-corrected chi connectivity index (χ4v) is 3.18.